The monoisotopic (exact) mass is 234 g/mol. The number of ether oxygens (including phenoxy) is 1. The Morgan fingerprint density at radius 2 is 1.81 bits per heavy atom. The maximum atomic E-state index is 11.8. The van der Waals surface area contributed by atoms with Gasteiger partial charge in [-0.05, 0) is 30.7 Å². The van der Waals surface area contributed by atoms with Crippen LogP contribution in [0.3, 0.4) is 0 Å². The highest BCUT2D eigenvalue weighted by atomic mass is 19.4. The predicted molar refractivity (Wildman–Crippen MR) is 54.6 cm³/mol. The molecule has 0 spiro atoms. The van der Waals surface area contributed by atoms with Crippen LogP contribution in [-0.2, 0) is 0 Å². The maximum Gasteiger partial charge on any atom is 0.573 e. The largest absolute Gasteiger partial charge is 0.573 e. The van der Waals surface area contributed by atoms with Crippen molar-refractivity contribution in [2.75, 3.05) is 0 Å². The van der Waals surface area contributed by atoms with Crippen LogP contribution < -0.4 is 4.74 Å². The molecule has 5 heteroatoms. The van der Waals surface area contributed by atoms with Crippen molar-refractivity contribution in [1.82, 2.24) is 0 Å². The van der Waals surface area contributed by atoms with E-state index in [1.54, 1.807) is 0 Å². The summed E-state index contributed by atoms with van der Waals surface area (Å²) in [7, 11) is 0. The minimum atomic E-state index is -4.70. The first kappa shape index (κ1) is 14.5. The van der Waals surface area contributed by atoms with Gasteiger partial charge >= 0.3 is 6.36 Å². The van der Waals surface area contributed by atoms with Gasteiger partial charge in [0.25, 0.3) is 0 Å². The number of benzene rings is 1. The number of carbonyl (C=O) groups excluding carboxylic acids is 1. The highest BCUT2D eigenvalue weighted by Gasteiger charge is 2.31. The molecule has 0 unspecified atom stereocenters. The third-order valence-electron chi connectivity index (χ3n) is 1.56. The summed E-state index contributed by atoms with van der Waals surface area (Å²) in [5, 5.41) is 0. The van der Waals surface area contributed by atoms with Crippen LogP contribution in [0.2, 0.25) is 0 Å². The van der Waals surface area contributed by atoms with Crippen molar-refractivity contribution in [1.29, 1.82) is 0 Å². The summed E-state index contributed by atoms with van der Waals surface area (Å²) in [4.78, 5) is 10.3. The molecule has 0 aliphatic rings. The average Bonchev–Trinajstić information content (AvgIpc) is 2.22. The van der Waals surface area contributed by atoms with Gasteiger partial charge < -0.3 is 4.74 Å². The second kappa shape index (κ2) is 6.15. The number of hydrogen-bond donors (Lipinski definition) is 0. The molecule has 1 aromatic carbocycles. The Bertz CT molecular complexity index is 346. The summed E-state index contributed by atoms with van der Waals surface area (Å²) in [5.74, 6) is -0.289. The molecule has 0 radical (unpaired) electrons. The Morgan fingerprint density at radius 1 is 1.25 bits per heavy atom. The van der Waals surface area contributed by atoms with Crippen molar-refractivity contribution in [2.45, 2.75) is 27.1 Å². The van der Waals surface area contributed by atoms with Crippen LogP contribution in [0.5, 0.6) is 5.75 Å². The molecule has 0 amide bonds. The first-order chi connectivity index (χ1) is 7.42. The topological polar surface area (TPSA) is 26.3 Å². The molecule has 1 aromatic rings. The molecular formula is C11H13F3O2. The van der Waals surface area contributed by atoms with E-state index in [1.165, 1.54) is 19.1 Å². The van der Waals surface area contributed by atoms with Gasteiger partial charge in [0.15, 0.2) is 0 Å². The van der Waals surface area contributed by atoms with Gasteiger partial charge in [-0.15, -0.1) is 13.2 Å². The van der Waals surface area contributed by atoms with Gasteiger partial charge in [-0.25, -0.2) is 0 Å². The quantitative estimate of drug-likeness (QED) is 0.729. The lowest BCUT2D eigenvalue weighted by Gasteiger charge is -2.10. The molecule has 2 nitrogen and oxygen atoms in total. The van der Waals surface area contributed by atoms with Gasteiger partial charge in [-0.3, -0.25) is 4.79 Å². The van der Waals surface area contributed by atoms with E-state index >= 15 is 0 Å². The third-order valence-corrected chi connectivity index (χ3v) is 1.56. The molecule has 0 aliphatic heterocycles. The van der Waals surface area contributed by atoms with Crippen LogP contribution >= 0.6 is 0 Å². The summed E-state index contributed by atoms with van der Waals surface area (Å²) in [6, 6.07) is 3.71. The van der Waals surface area contributed by atoms with E-state index in [1.807, 2.05) is 13.8 Å². The number of aldehydes is 1. The van der Waals surface area contributed by atoms with Crippen LogP contribution in [0, 0.1) is 6.92 Å². The molecule has 0 aliphatic carbocycles. The van der Waals surface area contributed by atoms with E-state index in [9.17, 15) is 18.0 Å². The molecule has 90 valence electrons. The van der Waals surface area contributed by atoms with Crippen LogP contribution in [-0.4, -0.2) is 12.6 Å². The highest BCUT2D eigenvalue weighted by Crippen LogP contribution is 2.26. The fourth-order valence-electron chi connectivity index (χ4n) is 0.985. The number of halogens is 3. The molecule has 0 atom stereocenters. The summed E-state index contributed by atoms with van der Waals surface area (Å²) < 4.78 is 39.2. The second-order valence-electron chi connectivity index (χ2n) is 2.69. The van der Waals surface area contributed by atoms with E-state index in [0.717, 1.165) is 6.07 Å². The minimum absolute atomic E-state index is 0.270. The van der Waals surface area contributed by atoms with Crippen molar-refractivity contribution >= 4 is 6.29 Å². The number of alkyl halides is 3. The van der Waals surface area contributed by atoms with Crippen molar-refractivity contribution in [3.05, 3.63) is 29.3 Å². The predicted octanol–water partition coefficient (Wildman–Crippen LogP) is 3.73. The maximum absolute atomic E-state index is 11.8. The Balaban J connectivity index is 0.00000106. The number of rotatable bonds is 2. The van der Waals surface area contributed by atoms with Crippen molar-refractivity contribution in [2.24, 2.45) is 0 Å². The van der Waals surface area contributed by atoms with Crippen LogP contribution in [0.25, 0.3) is 0 Å². The second-order valence-corrected chi connectivity index (χ2v) is 2.69. The van der Waals surface area contributed by atoms with Gasteiger partial charge in [0.2, 0.25) is 0 Å². The van der Waals surface area contributed by atoms with Crippen molar-refractivity contribution in [3.63, 3.8) is 0 Å². The smallest absolute Gasteiger partial charge is 0.406 e. The average molecular weight is 234 g/mol. The SMILES string of the molecule is CC.Cc1cc(C=O)ccc1OC(F)(F)F. The molecule has 0 fully saturated rings. The Labute approximate surface area is 92.0 Å². The molecule has 0 saturated carbocycles. The molecule has 0 aromatic heterocycles. The number of hydrogen-bond acceptors (Lipinski definition) is 2. The first-order valence-corrected chi connectivity index (χ1v) is 4.74. The van der Waals surface area contributed by atoms with E-state index in [-0.39, 0.29) is 11.3 Å². The third kappa shape index (κ3) is 4.82. The lowest BCUT2D eigenvalue weighted by atomic mass is 10.1. The lowest BCUT2D eigenvalue weighted by Crippen LogP contribution is -2.17. The number of carbonyl (C=O) groups is 1. The molecule has 16 heavy (non-hydrogen) atoms. The molecule has 0 N–H and O–H groups in total. The number of aryl methyl sites for hydroxylation is 1. The van der Waals surface area contributed by atoms with Crippen LogP contribution in [0.1, 0.15) is 29.8 Å². The molecule has 1 rings (SSSR count). The van der Waals surface area contributed by atoms with Crippen LogP contribution in [0.4, 0.5) is 13.2 Å². The van der Waals surface area contributed by atoms with Crippen LogP contribution in [0.15, 0.2) is 18.2 Å². The highest BCUT2D eigenvalue weighted by molar-refractivity contribution is 5.75. The minimum Gasteiger partial charge on any atom is -0.406 e. The van der Waals surface area contributed by atoms with E-state index in [4.69, 9.17) is 0 Å². The van der Waals surface area contributed by atoms with Crippen molar-refractivity contribution < 1.29 is 22.7 Å². The Hall–Kier alpha value is -1.52. The zero-order valence-corrected chi connectivity index (χ0v) is 9.26. The summed E-state index contributed by atoms with van der Waals surface area (Å²) in [5.41, 5.74) is 0.587. The van der Waals surface area contributed by atoms with Gasteiger partial charge in [-0.2, -0.15) is 0 Å². The van der Waals surface area contributed by atoms with E-state index in [0.29, 0.717) is 11.8 Å². The van der Waals surface area contributed by atoms with E-state index in [2.05, 4.69) is 4.74 Å². The summed E-state index contributed by atoms with van der Waals surface area (Å²) in [6.45, 7) is 5.44. The van der Waals surface area contributed by atoms with Crippen molar-refractivity contribution in [3.8, 4) is 5.75 Å². The lowest BCUT2D eigenvalue weighted by molar-refractivity contribution is -0.274. The molecular weight excluding hydrogens is 221 g/mol. The fourth-order valence-corrected chi connectivity index (χ4v) is 0.985. The van der Waals surface area contributed by atoms with Gasteiger partial charge in [0.05, 0.1) is 0 Å². The zero-order valence-electron chi connectivity index (χ0n) is 9.26. The molecule has 0 saturated heterocycles. The Morgan fingerprint density at radius 3 is 2.19 bits per heavy atom. The van der Waals surface area contributed by atoms with Gasteiger partial charge in [0.1, 0.15) is 12.0 Å². The standard InChI is InChI=1S/C9H7F3O2.C2H6/c1-6-4-7(5-13)2-3-8(6)14-9(10,11)12;1-2/h2-5H,1H3;1-2H3. The first-order valence-electron chi connectivity index (χ1n) is 4.74. The summed E-state index contributed by atoms with van der Waals surface area (Å²) >= 11 is 0. The summed E-state index contributed by atoms with van der Waals surface area (Å²) in [6.07, 6.45) is -4.14. The fraction of sp³-hybridized carbons (Fsp3) is 0.364. The Kier molecular flexibility index (Phi) is 5.56. The van der Waals surface area contributed by atoms with Gasteiger partial charge in [0, 0.05) is 5.56 Å². The van der Waals surface area contributed by atoms with E-state index < -0.39 is 6.36 Å². The molecule has 0 bridgehead atoms. The normalized spacial score (nSPS) is 10.1. The zero-order chi connectivity index (χ0) is 12.8. The molecule has 0 heterocycles. The van der Waals surface area contributed by atoms with Gasteiger partial charge in [-0.1, -0.05) is 13.8 Å².